The Morgan fingerprint density at radius 2 is 2.15 bits per heavy atom. The van der Waals surface area contributed by atoms with Crippen LogP contribution >= 0.6 is 43.2 Å². The van der Waals surface area contributed by atoms with Crippen molar-refractivity contribution >= 4 is 49.1 Å². The SMILES string of the molecule is NCCCOC1CCN(C(=O)c2cc(Br)c(Br)s2)CC1. The Kier molecular flexibility index (Phi) is 6.48. The monoisotopic (exact) mass is 424 g/mol. The van der Waals surface area contributed by atoms with Crippen LogP contribution in [0, 0.1) is 0 Å². The fourth-order valence-corrected chi connectivity index (χ4v) is 4.17. The van der Waals surface area contributed by atoms with Crippen molar-refractivity contribution in [1.82, 2.24) is 4.90 Å². The minimum atomic E-state index is 0.113. The molecular weight excluding hydrogens is 408 g/mol. The van der Waals surface area contributed by atoms with E-state index >= 15 is 0 Å². The zero-order valence-corrected chi connectivity index (χ0v) is 15.1. The molecule has 1 aliphatic rings. The summed E-state index contributed by atoms with van der Waals surface area (Å²) in [5, 5.41) is 0. The van der Waals surface area contributed by atoms with Gasteiger partial charge in [-0.05, 0) is 63.7 Å². The Bertz CT molecular complexity index is 440. The highest BCUT2D eigenvalue weighted by molar-refractivity contribution is 9.13. The van der Waals surface area contributed by atoms with Crippen LogP contribution < -0.4 is 5.73 Å². The van der Waals surface area contributed by atoms with Crippen LogP contribution in [0.15, 0.2) is 14.3 Å². The predicted octanol–water partition coefficient (Wildman–Crippen LogP) is 3.24. The number of nitrogens with zero attached hydrogens (tertiary/aromatic N) is 1. The number of carbonyl (C=O) groups excluding carboxylic acids is 1. The summed E-state index contributed by atoms with van der Waals surface area (Å²) in [6, 6.07) is 1.88. The molecule has 1 amide bonds. The first kappa shape index (κ1) is 16.4. The maximum absolute atomic E-state index is 12.4. The molecule has 0 unspecified atom stereocenters. The number of halogens is 2. The van der Waals surface area contributed by atoms with Gasteiger partial charge in [0.2, 0.25) is 0 Å². The van der Waals surface area contributed by atoms with Gasteiger partial charge in [-0.3, -0.25) is 4.79 Å². The molecule has 112 valence electrons. The van der Waals surface area contributed by atoms with Crippen LogP contribution in [0.5, 0.6) is 0 Å². The normalized spacial score (nSPS) is 16.6. The molecule has 4 nitrogen and oxygen atoms in total. The third kappa shape index (κ3) is 4.27. The highest BCUT2D eigenvalue weighted by atomic mass is 79.9. The van der Waals surface area contributed by atoms with Crippen molar-refractivity contribution in [2.75, 3.05) is 26.2 Å². The number of amides is 1. The number of ether oxygens (including phenoxy) is 1. The summed E-state index contributed by atoms with van der Waals surface area (Å²) >= 11 is 8.31. The summed E-state index contributed by atoms with van der Waals surface area (Å²) in [6.45, 7) is 2.91. The van der Waals surface area contributed by atoms with Crippen molar-refractivity contribution in [1.29, 1.82) is 0 Å². The summed E-state index contributed by atoms with van der Waals surface area (Å²) in [6.07, 6.45) is 2.98. The number of nitrogens with two attached hydrogens (primary N) is 1. The number of thiophene rings is 1. The molecule has 2 N–H and O–H groups in total. The van der Waals surface area contributed by atoms with Crippen molar-refractivity contribution in [2.24, 2.45) is 5.73 Å². The largest absolute Gasteiger partial charge is 0.378 e. The quantitative estimate of drug-likeness (QED) is 0.736. The first-order valence-corrected chi connectivity index (χ1v) is 9.08. The second-order valence-electron chi connectivity index (χ2n) is 4.74. The molecule has 2 heterocycles. The first-order chi connectivity index (χ1) is 9.61. The van der Waals surface area contributed by atoms with E-state index in [4.69, 9.17) is 10.5 Å². The molecule has 0 radical (unpaired) electrons. The van der Waals surface area contributed by atoms with Crippen LogP contribution in [-0.2, 0) is 4.74 Å². The molecule has 1 saturated heterocycles. The summed E-state index contributed by atoms with van der Waals surface area (Å²) in [4.78, 5) is 15.0. The topological polar surface area (TPSA) is 55.6 Å². The molecule has 1 fully saturated rings. The van der Waals surface area contributed by atoms with Crippen LogP contribution in [0.3, 0.4) is 0 Å². The van der Waals surface area contributed by atoms with E-state index < -0.39 is 0 Å². The van der Waals surface area contributed by atoms with Crippen molar-refractivity contribution in [2.45, 2.75) is 25.4 Å². The van der Waals surface area contributed by atoms with E-state index in [9.17, 15) is 4.79 Å². The highest BCUT2D eigenvalue weighted by Gasteiger charge is 2.25. The molecule has 1 aromatic heterocycles. The van der Waals surface area contributed by atoms with Gasteiger partial charge < -0.3 is 15.4 Å². The molecule has 0 bridgehead atoms. The van der Waals surface area contributed by atoms with Gasteiger partial charge in [-0.1, -0.05) is 0 Å². The second kappa shape index (κ2) is 7.89. The maximum atomic E-state index is 12.4. The second-order valence-corrected chi connectivity index (χ2v) is 7.96. The van der Waals surface area contributed by atoms with Crippen molar-refractivity contribution < 1.29 is 9.53 Å². The highest BCUT2D eigenvalue weighted by Crippen LogP contribution is 2.33. The lowest BCUT2D eigenvalue weighted by Crippen LogP contribution is -2.40. The predicted molar refractivity (Wildman–Crippen MR) is 88.3 cm³/mol. The first-order valence-electron chi connectivity index (χ1n) is 6.67. The minimum absolute atomic E-state index is 0.113. The Labute approximate surface area is 139 Å². The van der Waals surface area contributed by atoms with Crippen molar-refractivity contribution in [3.8, 4) is 0 Å². The lowest BCUT2D eigenvalue weighted by atomic mass is 10.1. The number of carbonyl (C=O) groups is 1. The summed E-state index contributed by atoms with van der Waals surface area (Å²) < 4.78 is 7.65. The maximum Gasteiger partial charge on any atom is 0.264 e. The van der Waals surface area contributed by atoms with Gasteiger partial charge in [0.15, 0.2) is 0 Å². The van der Waals surface area contributed by atoms with E-state index in [1.165, 1.54) is 11.3 Å². The van der Waals surface area contributed by atoms with Gasteiger partial charge in [0, 0.05) is 24.2 Å². The van der Waals surface area contributed by atoms with Gasteiger partial charge in [-0.15, -0.1) is 11.3 Å². The molecule has 2 rings (SSSR count). The third-order valence-corrected chi connectivity index (χ3v) is 6.53. The number of hydrogen-bond acceptors (Lipinski definition) is 4. The van der Waals surface area contributed by atoms with Gasteiger partial charge in [-0.2, -0.15) is 0 Å². The van der Waals surface area contributed by atoms with Crippen LogP contribution in [0.25, 0.3) is 0 Å². The number of piperidine rings is 1. The van der Waals surface area contributed by atoms with Gasteiger partial charge in [0.25, 0.3) is 5.91 Å². The fraction of sp³-hybridized carbons (Fsp3) is 0.615. The van der Waals surface area contributed by atoms with Crippen LogP contribution in [0.4, 0.5) is 0 Å². The molecule has 1 aromatic rings. The number of rotatable bonds is 5. The zero-order chi connectivity index (χ0) is 14.5. The van der Waals surface area contributed by atoms with E-state index in [1.54, 1.807) is 0 Å². The summed E-state index contributed by atoms with van der Waals surface area (Å²) in [5.74, 6) is 0.113. The van der Waals surface area contributed by atoms with Crippen molar-refractivity contribution in [3.05, 3.63) is 19.2 Å². The fourth-order valence-electron chi connectivity index (χ4n) is 2.17. The summed E-state index contributed by atoms with van der Waals surface area (Å²) in [7, 11) is 0. The van der Waals surface area contributed by atoms with E-state index in [1.807, 2.05) is 11.0 Å². The molecule has 0 saturated carbocycles. The molecule has 20 heavy (non-hydrogen) atoms. The van der Waals surface area contributed by atoms with E-state index in [2.05, 4.69) is 31.9 Å². The van der Waals surface area contributed by atoms with Gasteiger partial charge >= 0.3 is 0 Å². The minimum Gasteiger partial charge on any atom is -0.378 e. The van der Waals surface area contributed by atoms with Gasteiger partial charge in [0.05, 0.1) is 14.8 Å². The molecule has 0 aromatic carbocycles. The average molecular weight is 426 g/mol. The summed E-state index contributed by atoms with van der Waals surface area (Å²) in [5.41, 5.74) is 5.45. The van der Waals surface area contributed by atoms with Gasteiger partial charge in [-0.25, -0.2) is 0 Å². The number of hydrogen-bond donors (Lipinski definition) is 1. The number of likely N-dealkylation sites (tertiary alicyclic amines) is 1. The smallest absolute Gasteiger partial charge is 0.264 e. The molecule has 0 spiro atoms. The van der Waals surface area contributed by atoms with Crippen LogP contribution in [-0.4, -0.2) is 43.2 Å². The lowest BCUT2D eigenvalue weighted by molar-refractivity contribution is 0.00858. The third-order valence-electron chi connectivity index (χ3n) is 3.29. The Morgan fingerprint density at radius 1 is 1.45 bits per heavy atom. The Hall–Kier alpha value is 0.0500. The van der Waals surface area contributed by atoms with E-state index in [0.717, 1.165) is 52.1 Å². The Morgan fingerprint density at radius 3 is 2.70 bits per heavy atom. The molecular formula is C13H18Br2N2O2S. The van der Waals surface area contributed by atoms with Crippen LogP contribution in [0.2, 0.25) is 0 Å². The van der Waals surface area contributed by atoms with Crippen LogP contribution in [0.1, 0.15) is 28.9 Å². The Balaban J connectivity index is 1.82. The molecule has 0 aliphatic carbocycles. The van der Waals surface area contributed by atoms with Crippen molar-refractivity contribution in [3.63, 3.8) is 0 Å². The molecule has 7 heteroatoms. The standard InChI is InChI=1S/C13H18Br2N2O2S/c14-10-8-11(20-12(10)15)13(18)17-5-2-9(3-6-17)19-7-1-4-16/h8-9H,1-7,16H2. The average Bonchev–Trinajstić information content (AvgIpc) is 2.79. The molecule has 0 atom stereocenters. The van der Waals surface area contributed by atoms with Gasteiger partial charge in [0.1, 0.15) is 0 Å². The lowest BCUT2D eigenvalue weighted by Gasteiger charge is -2.31. The molecule has 1 aliphatic heterocycles. The van der Waals surface area contributed by atoms with E-state index in [0.29, 0.717) is 6.54 Å². The zero-order valence-electron chi connectivity index (χ0n) is 11.1. The van der Waals surface area contributed by atoms with E-state index in [-0.39, 0.29) is 12.0 Å².